The van der Waals surface area contributed by atoms with Crippen molar-refractivity contribution in [2.24, 2.45) is 5.73 Å². The van der Waals surface area contributed by atoms with Gasteiger partial charge in [-0.1, -0.05) is 24.3 Å². The second kappa shape index (κ2) is 6.16. The second-order valence-corrected chi connectivity index (χ2v) is 10.6. The number of hydrogen-bond acceptors (Lipinski definition) is 6. The van der Waals surface area contributed by atoms with Gasteiger partial charge >= 0.3 is 0 Å². The third-order valence-corrected chi connectivity index (χ3v) is 8.27. The number of benzene rings is 1. The maximum Gasteiger partial charge on any atom is 0.290 e. The number of sulfone groups is 1. The van der Waals surface area contributed by atoms with E-state index in [0.29, 0.717) is 22.4 Å². The summed E-state index contributed by atoms with van der Waals surface area (Å²) in [4.78, 5) is 10.2. The van der Waals surface area contributed by atoms with Gasteiger partial charge in [-0.3, -0.25) is 0 Å². The van der Waals surface area contributed by atoms with E-state index in [1.807, 2.05) is 0 Å². The zero-order valence-corrected chi connectivity index (χ0v) is 17.1. The Morgan fingerprint density at radius 3 is 2.40 bits per heavy atom. The molecule has 0 radical (unpaired) electrons. The molecule has 30 heavy (non-hydrogen) atoms. The van der Waals surface area contributed by atoms with Crippen molar-refractivity contribution >= 4 is 15.8 Å². The van der Waals surface area contributed by atoms with E-state index in [-0.39, 0.29) is 42.5 Å². The number of halogens is 3. The van der Waals surface area contributed by atoms with Gasteiger partial charge in [-0.2, -0.15) is 8.78 Å². The molecule has 0 unspecified atom stereocenters. The Kier molecular flexibility index (Phi) is 4.06. The lowest BCUT2D eigenvalue weighted by Crippen LogP contribution is -2.58. The predicted octanol–water partition coefficient (Wildman–Crippen LogP) is 2.31. The van der Waals surface area contributed by atoms with Crippen molar-refractivity contribution in [3.63, 3.8) is 0 Å². The highest BCUT2D eigenvalue weighted by molar-refractivity contribution is 7.93. The molecule has 5 rings (SSSR count). The van der Waals surface area contributed by atoms with Crippen molar-refractivity contribution in [2.45, 2.75) is 43.4 Å². The van der Waals surface area contributed by atoms with E-state index in [1.165, 1.54) is 0 Å². The molecule has 0 amide bonds. The molecule has 0 spiro atoms. The van der Waals surface area contributed by atoms with E-state index in [9.17, 15) is 21.6 Å². The van der Waals surface area contributed by atoms with Crippen molar-refractivity contribution in [1.82, 2.24) is 9.97 Å². The van der Waals surface area contributed by atoms with Gasteiger partial charge in [-0.25, -0.2) is 22.8 Å². The first-order valence-electron chi connectivity index (χ1n) is 9.79. The standard InChI is InChI=1S/C20H21F3N4O2S/c1-11-15(21)8-27(11)18-25-16(14-6-7-20(22,23)17(14)26-18)12-2-4-13(5-3-12)19(24)9-30(28,29)10-19/h2-5,11,15H,6-10,24H2,1H3/t11-,15-/m0/s1. The fraction of sp³-hybridized carbons (Fsp3) is 0.500. The Balaban J connectivity index is 1.55. The molecule has 2 saturated heterocycles. The van der Waals surface area contributed by atoms with Crippen LogP contribution in [0.3, 0.4) is 0 Å². The SMILES string of the molecule is C[C@H]1[C@@H](F)CN1c1nc(-c2ccc(C3(N)CS(=O)(=O)C3)cc2)c2c(n1)C(F)(F)CC2. The van der Waals surface area contributed by atoms with E-state index in [4.69, 9.17) is 5.73 Å². The summed E-state index contributed by atoms with van der Waals surface area (Å²) in [7, 11) is -3.11. The van der Waals surface area contributed by atoms with Gasteiger partial charge in [0, 0.05) is 17.5 Å². The fourth-order valence-electron chi connectivity index (χ4n) is 4.48. The van der Waals surface area contributed by atoms with Crippen LogP contribution in [0.2, 0.25) is 0 Å². The highest BCUT2D eigenvalue weighted by Gasteiger charge is 2.47. The minimum atomic E-state index is -3.11. The highest BCUT2D eigenvalue weighted by atomic mass is 32.2. The van der Waals surface area contributed by atoms with E-state index in [0.717, 1.165) is 0 Å². The summed E-state index contributed by atoms with van der Waals surface area (Å²) < 4.78 is 65.6. The van der Waals surface area contributed by atoms with Crippen LogP contribution in [0.15, 0.2) is 24.3 Å². The van der Waals surface area contributed by atoms with Crippen LogP contribution in [-0.2, 0) is 27.7 Å². The summed E-state index contributed by atoms with van der Waals surface area (Å²) in [5.41, 5.74) is 7.07. The predicted molar refractivity (Wildman–Crippen MR) is 106 cm³/mol. The first-order chi connectivity index (χ1) is 14.0. The molecule has 2 N–H and O–H groups in total. The Hall–Kier alpha value is -2.20. The molecule has 10 heteroatoms. The first-order valence-corrected chi connectivity index (χ1v) is 11.6. The Labute approximate surface area is 172 Å². The zero-order valence-electron chi connectivity index (χ0n) is 16.3. The highest BCUT2D eigenvalue weighted by Crippen LogP contribution is 2.45. The molecule has 6 nitrogen and oxygen atoms in total. The molecule has 1 aliphatic carbocycles. The smallest absolute Gasteiger partial charge is 0.290 e. The lowest BCUT2D eigenvalue weighted by atomic mass is 9.92. The van der Waals surface area contributed by atoms with Crippen LogP contribution in [0.5, 0.6) is 0 Å². The molecule has 160 valence electrons. The number of nitrogens with two attached hydrogens (primary N) is 1. The number of aromatic nitrogens is 2. The molecule has 1 aromatic carbocycles. The van der Waals surface area contributed by atoms with Gasteiger partial charge in [0.15, 0.2) is 9.84 Å². The molecular formula is C20H21F3N4O2S. The van der Waals surface area contributed by atoms with Gasteiger partial charge < -0.3 is 10.6 Å². The van der Waals surface area contributed by atoms with Crippen molar-refractivity contribution in [1.29, 1.82) is 0 Å². The third kappa shape index (κ3) is 2.91. The van der Waals surface area contributed by atoms with Crippen LogP contribution < -0.4 is 10.6 Å². The number of fused-ring (bicyclic) bond motifs is 1. The maximum atomic E-state index is 14.5. The summed E-state index contributed by atoms with van der Waals surface area (Å²) >= 11 is 0. The Bertz CT molecular complexity index is 1130. The number of alkyl halides is 3. The monoisotopic (exact) mass is 438 g/mol. The summed E-state index contributed by atoms with van der Waals surface area (Å²) in [6, 6.07) is 6.40. The summed E-state index contributed by atoms with van der Waals surface area (Å²) in [5, 5.41) is 0. The lowest BCUT2D eigenvalue weighted by molar-refractivity contribution is -0.00598. The summed E-state index contributed by atoms with van der Waals surface area (Å²) in [5.74, 6) is -3.17. The molecule has 0 saturated carbocycles. The van der Waals surface area contributed by atoms with E-state index in [2.05, 4.69) is 9.97 Å². The van der Waals surface area contributed by atoms with Crippen LogP contribution in [-0.4, -0.2) is 48.6 Å². The van der Waals surface area contributed by atoms with Crippen molar-refractivity contribution in [3.05, 3.63) is 41.1 Å². The number of anilines is 1. The quantitative estimate of drug-likeness (QED) is 0.791. The first kappa shape index (κ1) is 19.7. The fourth-order valence-corrected chi connectivity index (χ4v) is 6.29. The molecule has 0 bridgehead atoms. The number of nitrogens with zero attached hydrogens (tertiary/aromatic N) is 3. The third-order valence-electron chi connectivity index (χ3n) is 6.36. The largest absolute Gasteiger partial charge is 0.332 e. The topological polar surface area (TPSA) is 89.2 Å². The Morgan fingerprint density at radius 2 is 1.83 bits per heavy atom. The molecule has 3 aliphatic rings. The van der Waals surface area contributed by atoms with Gasteiger partial charge in [0.25, 0.3) is 5.92 Å². The van der Waals surface area contributed by atoms with Gasteiger partial charge in [0.1, 0.15) is 11.9 Å². The lowest BCUT2D eigenvalue weighted by Gasteiger charge is -2.42. The van der Waals surface area contributed by atoms with Crippen molar-refractivity contribution in [2.75, 3.05) is 23.0 Å². The van der Waals surface area contributed by atoms with Crippen LogP contribution in [0.4, 0.5) is 19.1 Å². The zero-order chi connectivity index (χ0) is 21.5. The minimum Gasteiger partial charge on any atom is -0.332 e. The summed E-state index contributed by atoms with van der Waals surface area (Å²) in [6.45, 7) is 1.75. The minimum absolute atomic E-state index is 0.0775. The summed E-state index contributed by atoms with van der Waals surface area (Å²) in [6.07, 6.45) is -1.22. The Morgan fingerprint density at radius 1 is 1.17 bits per heavy atom. The van der Waals surface area contributed by atoms with Gasteiger partial charge in [-0.05, 0) is 18.9 Å². The van der Waals surface area contributed by atoms with E-state index >= 15 is 0 Å². The van der Waals surface area contributed by atoms with E-state index < -0.39 is 33.5 Å². The average Bonchev–Trinajstić information content (AvgIpc) is 2.98. The molecule has 2 atom stereocenters. The normalized spacial score (nSPS) is 27.8. The van der Waals surface area contributed by atoms with Crippen molar-refractivity contribution in [3.8, 4) is 11.3 Å². The number of rotatable bonds is 3. The van der Waals surface area contributed by atoms with Crippen LogP contribution in [0, 0.1) is 0 Å². The molecule has 1 aromatic heterocycles. The van der Waals surface area contributed by atoms with Gasteiger partial charge in [0.2, 0.25) is 5.95 Å². The van der Waals surface area contributed by atoms with Crippen LogP contribution in [0.25, 0.3) is 11.3 Å². The maximum absolute atomic E-state index is 14.5. The molecule has 2 aliphatic heterocycles. The van der Waals surface area contributed by atoms with Crippen LogP contribution in [0.1, 0.15) is 30.2 Å². The molecular weight excluding hydrogens is 417 g/mol. The molecule has 2 fully saturated rings. The average molecular weight is 438 g/mol. The van der Waals surface area contributed by atoms with Crippen LogP contribution >= 0.6 is 0 Å². The van der Waals surface area contributed by atoms with E-state index in [1.54, 1.807) is 36.1 Å². The molecule has 3 heterocycles. The van der Waals surface area contributed by atoms with Gasteiger partial charge in [0.05, 0.1) is 35.3 Å². The second-order valence-electron chi connectivity index (χ2n) is 8.58. The molecule has 2 aromatic rings. The van der Waals surface area contributed by atoms with Crippen molar-refractivity contribution < 1.29 is 21.6 Å². The number of hydrogen-bond donors (Lipinski definition) is 1. The van der Waals surface area contributed by atoms with Gasteiger partial charge in [-0.15, -0.1) is 0 Å².